The lowest BCUT2D eigenvalue weighted by molar-refractivity contribution is -0.135. The lowest BCUT2D eigenvalue weighted by Crippen LogP contribution is -2.39. The van der Waals surface area contributed by atoms with E-state index in [1.807, 2.05) is 44.6 Å². The summed E-state index contributed by atoms with van der Waals surface area (Å²) in [5.41, 5.74) is 1.53. The highest BCUT2D eigenvalue weighted by atomic mass is 35.5. The van der Waals surface area contributed by atoms with Gasteiger partial charge in [0.15, 0.2) is 0 Å². The normalized spacial score (nSPS) is 18.6. The first-order valence-electron chi connectivity index (χ1n) is 9.52. The van der Waals surface area contributed by atoms with Crippen molar-refractivity contribution in [3.63, 3.8) is 0 Å². The van der Waals surface area contributed by atoms with Crippen LogP contribution in [0, 0.1) is 5.92 Å². The Morgan fingerprint density at radius 1 is 1.31 bits per heavy atom. The summed E-state index contributed by atoms with van der Waals surface area (Å²) in [4.78, 5) is 34.7. The second-order valence-corrected chi connectivity index (χ2v) is 7.20. The Labute approximate surface area is 174 Å². The zero-order valence-corrected chi connectivity index (χ0v) is 17.3. The smallest absolute Gasteiger partial charge is 0.258 e. The van der Waals surface area contributed by atoms with Crippen molar-refractivity contribution in [2.45, 2.75) is 19.4 Å². The predicted octanol–water partition coefficient (Wildman–Crippen LogP) is 1.43. The Hall–Kier alpha value is -2.71. The SMILES string of the molecule is CCN(Cc1nc2ccccc2c(=O)[nH]1)C(=O)[C@H]1CNC[C@@H]1c1cnn(C)c1.Cl. The van der Waals surface area contributed by atoms with Crippen LogP contribution in [-0.4, -0.2) is 50.2 Å². The third-order valence-electron chi connectivity index (χ3n) is 5.38. The molecule has 0 spiro atoms. The average Bonchev–Trinajstić information content (AvgIpc) is 3.34. The van der Waals surface area contributed by atoms with E-state index in [1.54, 1.807) is 15.6 Å². The number of aromatic amines is 1. The molecule has 1 aliphatic rings. The van der Waals surface area contributed by atoms with Crippen LogP contribution >= 0.6 is 12.4 Å². The number of rotatable bonds is 5. The Kier molecular flexibility index (Phi) is 6.34. The maximum atomic E-state index is 13.3. The number of nitrogens with zero attached hydrogens (tertiary/aromatic N) is 4. The van der Waals surface area contributed by atoms with Crippen LogP contribution in [0.2, 0.25) is 0 Å². The van der Waals surface area contributed by atoms with Crippen LogP contribution in [0.15, 0.2) is 41.5 Å². The maximum Gasteiger partial charge on any atom is 0.258 e. The lowest BCUT2D eigenvalue weighted by Gasteiger charge is -2.26. The van der Waals surface area contributed by atoms with Crippen LogP contribution < -0.4 is 10.9 Å². The number of halogens is 1. The van der Waals surface area contributed by atoms with Gasteiger partial charge in [0.25, 0.3) is 5.56 Å². The molecule has 0 unspecified atom stereocenters. The van der Waals surface area contributed by atoms with Crippen LogP contribution in [0.4, 0.5) is 0 Å². The van der Waals surface area contributed by atoms with E-state index >= 15 is 0 Å². The summed E-state index contributed by atoms with van der Waals surface area (Å²) in [5, 5.41) is 8.12. The number of para-hydroxylation sites is 1. The number of benzene rings is 1. The minimum Gasteiger partial charge on any atom is -0.335 e. The van der Waals surface area contributed by atoms with Crippen LogP contribution in [0.5, 0.6) is 0 Å². The summed E-state index contributed by atoms with van der Waals surface area (Å²) in [6.45, 7) is 4.16. The Balaban J connectivity index is 0.00000240. The largest absolute Gasteiger partial charge is 0.335 e. The number of fused-ring (bicyclic) bond motifs is 1. The zero-order chi connectivity index (χ0) is 19.7. The second-order valence-electron chi connectivity index (χ2n) is 7.20. The van der Waals surface area contributed by atoms with E-state index in [9.17, 15) is 9.59 Å². The van der Waals surface area contributed by atoms with E-state index in [4.69, 9.17) is 0 Å². The fourth-order valence-corrected chi connectivity index (χ4v) is 3.89. The van der Waals surface area contributed by atoms with Gasteiger partial charge >= 0.3 is 0 Å². The Morgan fingerprint density at radius 3 is 2.83 bits per heavy atom. The molecule has 3 aromatic rings. The third-order valence-corrected chi connectivity index (χ3v) is 5.38. The van der Waals surface area contributed by atoms with Gasteiger partial charge < -0.3 is 15.2 Å². The van der Waals surface area contributed by atoms with Crippen LogP contribution in [0.1, 0.15) is 24.2 Å². The second kappa shape index (κ2) is 8.75. The van der Waals surface area contributed by atoms with Crippen molar-refractivity contribution < 1.29 is 4.79 Å². The molecule has 0 aliphatic carbocycles. The number of carbonyl (C=O) groups excluding carboxylic acids is 1. The number of aromatic nitrogens is 4. The first kappa shape index (κ1) is 21.0. The van der Waals surface area contributed by atoms with Gasteiger partial charge in [-0.15, -0.1) is 12.4 Å². The summed E-state index contributed by atoms with van der Waals surface area (Å²) in [7, 11) is 1.88. The fourth-order valence-electron chi connectivity index (χ4n) is 3.89. The molecular weight excluding hydrogens is 392 g/mol. The molecule has 4 rings (SSSR count). The minimum absolute atomic E-state index is 0. The van der Waals surface area contributed by atoms with Gasteiger partial charge in [0.2, 0.25) is 5.91 Å². The van der Waals surface area contributed by atoms with E-state index in [0.29, 0.717) is 29.8 Å². The first-order valence-corrected chi connectivity index (χ1v) is 9.52. The van der Waals surface area contributed by atoms with Crippen LogP contribution in [-0.2, 0) is 18.4 Å². The van der Waals surface area contributed by atoms with Crippen molar-refractivity contribution in [2.75, 3.05) is 19.6 Å². The van der Waals surface area contributed by atoms with Crippen molar-refractivity contribution in [1.82, 2.24) is 30.0 Å². The number of H-pyrrole nitrogens is 1. The molecule has 1 aliphatic heterocycles. The summed E-state index contributed by atoms with van der Waals surface area (Å²) in [6.07, 6.45) is 3.80. The van der Waals surface area contributed by atoms with Gasteiger partial charge in [0, 0.05) is 38.8 Å². The van der Waals surface area contributed by atoms with Gasteiger partial charge in [-0.3, -0.25) is 14.3 Å². The van der Waals surface area contributed by atoms with Gasteiger partial charge in [-0.05, 0) is 24.6 Å². The topological polar surface area (TPSA) is 95.9 Å². The third kappa shape index (κ3) is 4.18. The van der Waals surface area contributed by atoms with Crippen molar-refractivity contribution >= 4 is 29.2 Å². The maximum absolute atomic E-state index is 13.3. The minimum atomic E-state index is -0.181. The number of carbonyl (C=O) groups is 1. The molecule has 3 heterocycles. The highest BCUT2D eigenvalue weighted by Gasteiger charge is 2.36. The number of amides is 1. The van der Waals surface area contributed by atoms with E-state index in [2.05, 4.69) is 20.4 Å². The van der Waals surface area contributed by atoms with Crippen molar-refractivity contribution in [2.24, 2.45) is 13.0 Å². The van der Waals surface area contributed by atoms with Crippen LogP contribution in [0.3, 0.4) is 0 Å². The Morgan fingerprint density at radius 2 is 2.10 bits per heavy atom. The molecule has 1 fully saturated rings. The van der Waals surface area contributed by atoms with Gasteiger partial charge in [-0.25, -0.2) is 4.98 Å². The fraction of sp³-hybridized carbons (Fsp3) is 0.400. The summed E-state index contributed by atoms with van der Waals surface area (Å²) < 4.78 is 1.76. The van der Waals surface area contributed by atoms with E-state index < -0.39 is 0 Å². The highest BCUT2D eigenvalue weighted by molar-refractivity contribution is 5.85. The molecule has 1 amide bonds. The molecule has 0 radical (unpaired) electrons. The standard InChI is InChI=1S/C20H24N6O2.ClH/c1-3-26(12-18-23-17-7-5-4-6-14(17)19(27)24-18)20(28)16-10-21-9-15(16)13-8-22-25(2)11-13;/h4-8,11,15-16,21H,3,9-10,12H2,1-2H3,(H,23,24,27);1H/t15-,16+;/m1./s1. The predicted molar refractivity (Wildman–Crippen MR) is 113 cm³/mol. The molecule has 2 atom stereocenters. The number of hydrogen-bond donors (Lipinski definition) is 2. The molecule has 29 heavy (non-hydrogen) atoms. The molecule has 1 saturated heterocycles. The molecule has 154 valence electrons. The summed E-state index contributed by atoms with van der Waals surface area (Å²) in [6, 6.07) is 7.22. The van der Waals surface area contributed by atoms with Crippen molar-refractivity contribution in [1.29, 1.82) is 0 Å². The quantitative estimate of drug-likeness (QED) is 0.656. The van der Waals surface area contributed by atoms with Gasteiger partial charge in [0.1, 0.15) is 5.82 Å². The number of nitrogens with one attached hydrogen (secondary N) is 2. The number of aryl methyl sites for hydroxylation is 1. The van der Waals surface area contributed by atoms with Crippen molar-refractivity contribution in [3.05, 3.63) is 58.4 Å². The van der Waals surface area contributed by atoms with Gasteiger partial charge in [0.05, 0.1) is 29.6 Å². The lowest BCUT2D eigenvalue weighted by atomic mass is 9.90. The summed E-state index contributed by atoms with van der Waals surface area (Å²) >= 11 is 0. The van der Waals surface area contributed by atoms with Gasteiger partial charge in [-0.1, -0.05) is 12.1 Å². The zero-order valence-electron chi connectivity index (χ0n) is 16.5. The van der Waals surface area contributed by atoms with Gasteiger partial charge in [-0.2, -0.15) is 5.10 Å². The molecule has 8 nitrogen and oxygen atoms in total. The molecule has 9 heteroatoms. The van der Waals surface area contributed by atoms with E-state index in [1.165, 1.54) is 0 Å². The molecule has 2 aromatic heterocycles. The van der Waals surface area contributed by atoms with E-state index in [0.717, 1.165) is 12.1 Å². The molecule has 1 aromatic carbocycles. The molecular formula is C20H25ClN6O2. The Bertz CT molecular complexity index is 1060. The first-order chi connectivity index (χ1) is 13.6. The molecule has 0 bridgehead atoms. The molecule has 0 saturated carbocycles. The molecule has 2 N–H and O–H groups in total. The highest BCUT2D eigenvalue weighted by Crippen LogP contribution is 2.29. The average molecular weight is 417 g/mol. The number of hydrogen-bond acceptors (Lipinski definition) is 5. The van der Waals surface area contributed by atoms with Crippen molar-refractivity contribution in [3.8, 4) is 0 Å². The summed E-state index contributed by atoms with van der Waals surface area (Å²) in [5.74, 6) is 0.509. The van der Waals surface area contributed by atoms with E-state index in [-0.39, 0.29) is 42.3 Å². The van der Waals surface area contributed by atoms with Crippen LogP contribution in [0.25, 0.3) is 10.9 Å². The monoisotopic (exact) mass is 416 g/mol.